The molecule has 0 spiro atoms. The van der Waals surface area contributed by atoms with Crippen molar-refractivity contribution in [2.75, 3.05) is 7.11 Å². The van der Waals surface area contributed by atoms with E-state index >= 15 is 0 Å². The number of nitrogens with one attached hydrogen (secondary N) is 2. The van der Waals surface area contributed by atoms with Gasteiger partial charge in [0.25, 0.3) is 0 Å². The summed E-state index contributed by atoms with van der Waals surface area (Å²) in [4.78, 5) is 38.6. The van der Waals surface area contributed by atoms with Gasteiger partial charge in [-0.25, -0.2) is 5.48 Å². The van der Waals surface area contributed by atoms with Gasteiger partial charge in [0.2, 0.25) is 5.78 Å². The number of carbonyl (C=O) groups is 3. The average Bonchev–Trinajstić information content (AvgIpc) is 2.94. The second kappa shape index (κ2) is 10.8. The van der Waals surface area contributed by atoms with Crippen molar-refractivity contribution in [1.29, 1.82) is 0 Å². The third-order valence-electron chi connectivity index (χ3n) is 7.81. The van der Waals surface area contributed by atoms with E-state index in [0.29, 0.717) is 0 Å². The normalized spacial score (nSPS) is 27.1. The molecule has 0 aromatic heterocycles. The zero-order valence-electron chi connectivity index (χ0n) is 22.2. The van der Waals surface area contributed by atoms with Crippen LogP contribution >= 0.6 is 0 Å². The highest BCUT2D eigenvalue weighted by molar-refractivity contribution is 6.31. The number of amides is 1. The van der Waals surface area contributed by atoms with E-state index in [9.17, 15) is 48.1 Å². The molecule has 1 heterocycles. The lowest BCUT2D eigenvalue weighted by atomic mass is 9.76. The van der Waals surface area contributed by atoms with Crippen molar-refractivity contribution in [2.45, 2.75) is 69.0 Å². The largest absolute Gasteiger partial charge is 0.507 e. The third-order valence-corrected chi connectivity index (χ3v) is 7.81. The minimum Gasteiger partial charge on any atom is -0.507 e. The summed E-state index contributed by atoms with van der Waals surface area (Å²) in [6.07, 6.45) is -11.0. The Balaban J connectivity index is 1.55. The molecular weight excluding hydrogens is 569 g/mol. The van der Waals surface area contributed by atoms with Crippen molar-refractivity contribution in [3.63, 3.8) is 0 Å². The number of hydroxylamine groups is 1. The van der Waals surface area contributed by atoms with Crippen LogP contribution in [-0.4, -0.2) is 81.9 Å². The maximum Gasteiger partial charge on any atom is 0.471 e. The van der Waals surface area contributed by atoms with Gasteiger partial charge in [0, 0.05) is 29.2 Å². The van der Waals surface area contributed by atoms with Crippen LogP contribution in [0.2, 0.25) is 0 Å². The van der Waals surface area contributed by atoms with Gasteiger partial charge in [-0.3, -0.25) is 14.4 Å². The summed E-state index contributed by atoms with van der Waals surface area (Å²) >= 11 is 0. The van der Waals surface area contributed by atoms with Crippen molar-refractivity contribution >= 4 is 17.5 Å². The van der Waals surface area contributed by atoms with Gasteiger partial charge in [-0.2, -0.15) is 13.2 Å². The van der Waals surface area contributed by atoms with Crippen LogP contribution in [0.15, 0.2) is 18.2 Å². The molecule has 2 aliphatic carbocycles. The maximum absolute atomic E-state index is 13.6. The van der Waals surface area contributed by atoms with Crippen LogP contribution in [0, 0.1) is 0 Å². The number of ketones is 2. The molecule has 2 aromatic carbocycles. The lowest BCUT2D eigenvalue weighted by molar-refractivity contribution is -0.247. The lowest BCUT2D eigenvalue weighted by Crippen LogP contribution is -2.57. The molecular formula is C27H27F3N2O10. The molecule has 2 aromatic rings. The van der Waals surface area contributed by atoms with Gasteiger partial charge in [-0.05, 0) is 25.8 Å². The number of phenolic OH excluding ortho intramolecular Hbond substituents is 2. The zero-order valence-corrected chi connectivity index (χ0v) is 22.2. The number of ether oxygens (including phenoxy) is 3. The molecule has 0 radical (unpaired) electrons. The van der Waals surface area contributed by atoms with Crippen LogP contribution in [0.25, 0.3) is 0 Å². The summed E-state index contributed by atoms with van der Waals surface area (Å²) in [5.41, 5.74) is 0.879. The maximum atomic E-state index is 13.6. The molecule has 0 saturated carbocycles. The lowest BCUT2D eigenvalue weighted by Gasteiger charge is -2.41. The Labute approximate surface area is 235 Å². The monoisotopic (exact) mass is 596 g/mol. The molecule has 3 aliphatic rings. The fraction of sp³-hybridized carbons (Fsp3) is 0.444. The molecule has 1 fully saturated rings. The number of rotatable bonds is 5. The number of alkyl halides is 3. The predicted molar refractivity (Wildman–Crippen MR) is 133 cm³/mol. The van der Waals surface area contributed by atoms with Crippen molar-refractivity contribution in [1.82, 2.24) is 10.8 Å². The summed E-state index contributed by atoms with van der Waals surface area (Å²) in [6, 6.07) is 2.12. The van der Waals surface area contributed by atoms with Crippen molar-refractivity contribution in [2.24, 2.45) is 0 Å². The summed E-state index contributed by atoms with van der Waals surface area (Å²) in [7, 11) is 1.30. The van der Waals surface area contributed by atoms with Gasteiger partial charge in [0.05, 0.1) is 42.0 Å². The number of halogens is 3. The van der Waals surface area contributed by atoms with Crippen LogP contribution in [0.1, 0.15) is 68.8 Å². The molecule has 5 rings (SSSR count). The number of hydrogen-bond donors (Lipinski definition) is 6. The molecule has 0 bridgehead atoms. The summed E-state index contributed by atoms with van der Waals surface area (Å²) in [5, 5.41) is 44.5. The summed E-state index contributed by atoms with van der Waals surface area (Å²) < 4.78 is 55.5. The molecule has 1 amide bonds. The molecule has 6 atom stereocenters. The number of fused-ring (bicyclic) bond motifs is 3. The Morgan fingerprint density at radius 1 is 1.07 bits per heavy atom. The number of aliphatic hydroxyl groups excluding tert-OH is 1. The highest BCUT2D eigenvalue weighted by Gasteiger charge is 2.46. The first-order chi connectivity index (χ1) is 19.8. The Kier molecular flexibility index (Phi) is 7.66. The van der Waals surface area contributed by atoms with E-state index in [-0.39, 0.29) is 40.8 Å². The summed E-state index contributed by atoms with van der Waals surface area (Å²) in [6.45, 7) is 1.36. The van der Waals surface area contributed by atoms with Gasteiger partial charge in [-0.1, -0.05) is 12.1 Å². The molecule has 15 heteroatoms. The van der Waals surface area contributed by atoms with Crippen LogP contribution in [0.4, 0.5) is 13.2 Å². The van der Waals surface area contributed by atoms with E-state index in [0.717, 1.165) is 0 Å². The minimum absolute atomic E-state index is 0.00707. The fourth-order valence-corrected chi connectivity index (χ4v) is 5.82. The van der Waals surface area contributed by atoms with Gasteiger partial charge in [0.15, 0.2) is 12.1 Å². The van der Waals surface area contributed by atoms with Crippen LogP contribution in [0.3, 0.4) is 0 Å². The predicted octanol–water partition coefficient (Wildman–Crippen LogP) is 1.78. The number of hydrogen-bond acceptors (Lipinski definition) is 11. The number of phenols is 2. The van der Waals surface area contributed by atoms with E-state index in [1.807, 2.05) is 0 Å². The standard InChI is InChI=1S/C27H27F3N2O10/c1-9-21(33)13(31-26(38)27(28,29)30)8-16(41-9)42-15-7-10(32-39)6-12-18(15)25(37)20-19(23(12)35)22(34)11-4-3-5-14(40-2)17(11)24(20)36/h3-5,9-10,13,15-16,21,32-33,35,37,39H,6-8H2,1-2H3,(H,31,38). The van der Waals surface area contributed by atoms with Gasteiger partial charge >= 0.3 is 12.1 Å². The third kappa shape index (κ3) is 4.86. The zero-order chi connectivity index (χ0) is 30.7. The Morgan fingerprint density at radius 2 is 1.76 bits per heavy atom. The second-order valence-electron chi connectivity index (χ2n) is 10.3. The Morgan fingerprint density at radius 3 is 2.40 bits per heavy atom. The molecule has 42 heavy (non-hydrogen) atoms. The van der Waals surface area contributed by atoms with Crippen LogP contribution in [0.5, 0.6) is 17.2 Å². The van der Waals surface area contributed by atoms with E-state index < -0.39 is 89.4 Å². The molecule has 1 saturated heterocycles. The molecule has 6 unspecified atom stereocenters. The number of aliphatic hydroxyl groups is 1. The minimum atomic E-state index is -5.20. The van der Waals surface area contributed by atoms with E-state index in [1.54, 1.807) is 5.32 Å². The molecule has 226 valence electrons. The first-order valence-electron chi connectivity index (χ1n) is 12.9. The number of carbonyl (C=O) groups excluding carboxylic acids is 3. The molecule has 12 nitrogen and oxygen atoms in total. The first-order valence-corrected chi connectivity index (χ1v) is 12.9. The topological polar surface area (TPSA) is 184 Å². The number of methoxy groups -OCH3 is 1. The highest BCUT2D eigenvalue weighted by Crippen LogP contribution is 2.50. The smallest absolute Gasteiger partial charge is 0.471 e. The van der Waals surface area contributed by atoms with Gasteiger partial charge in [0.1, 0.15) is 23.4 Å². The number of aromatic hydroxyl groups is 2. The van der Waals surface area contributed by atoms with E-state index in [2.05, 4.69) is 5.48 Å². The molecule has 1 aliphatic heterocycles. The van der Waals surface area contributed by atoms with Crippen LogP contribution in [-0.2, 0) is 20.7 Å². The van der Waals surface area contributed by atoms with Gasteiger partial charge in [-0.15, -0.1) is 0 Å². The second-order valence-corrected chi connectivity index (χ2v) is 10.3. The highest BCUT2D eigenvalue weighted by atomic mass is 19.4. The van der Waals surface area contributed by atoms with Gasteiger partial charge < -0.3 is 40.1 Å². The van der Waals surface area contributed by atoms with Crippen molar-refractivity contribution in [3.8, 4) is 17.2 Å². The first kappa shape index (κ1) is 29.7. The van der Waals surface area contributed by atoms with E-state index in [4.69, 9.17) is 14.2 Å². The van der Waals surface area contributed by atoms with Crippen molar-refractivity contribution in [3.05, 3.63) is 51.6 Å². The average molecular weight is 597 g/mol. The van der Waals surface area contributed by atoms with E-state index in [1.165, 1.54) is 32.2 Å². The fourth-order valence-electron chi connectivity index (χ4n) is 5.82. The van der Waals surface area contributed by atoms with Crippen molar-refractivity contribution < 1.29 is 62.3 Å². The Hall–Kier alpha value is -3.76. The Bertz CT molecular complexity index is 1460. The number of benzene rings is 2. The molecule has 6 N–H and O–H groups in total. The quantitative estimate of drug-likeness (QED) is 0.186. The van der Waals surface area contributed by atoms with Crippen LogP contribution < -0.4 is 15.5 Å². The summed E-state index contributed by atoms with van der Waals surface area (Å²) in [5.74, 6) is -5.01. The SMILES string of the molecule is COc1cccc2c1C(=O)c1c(O)c3c(c(O)c1C2=O)CC(NO)CC3OC1CC(NC(=O)C(F)(F)F)C(O)C(C)O1.